The highest BCUT2D eigenvalue weighted by atomic mass is 35.5. The Morgan fingerprint density at radius 3 is 2.38 bits per heavy atom. The molecule has 0 heterocycles. The lowest BCUT2D eigenvalue weighted by Crippen LogP contribution is -2.17. The second kappa shape index (κ2) is 11.2. The maximum atomic E-state index is 11.5. The van der Waals surface area contributed by atoms with Crippen LogP contribution in [-0.2, 0) is 16.2 Å². The van der Waals surface area contributed by atoms with Crippen molar-refractivity contribution in [1.29, 1.82) is 0 Å². The first kappa shape index (κ1) is 23.2. The van der Waals surface area contributed by atoms with Gasteiger partial charge in [-0.1, -0.05) is 75.8 Å². The number of nitrogens with zero attached hydrogens (tertiary/aromatic N) is 1. The average molecular weight is 479 g/mol. The van der Waals surface area contributed by atoms with E-state index in [0.717, 1.165) is 0 Å². The highest BCUT2D eigenvalue weighted by molar-refractivity contribution is 6.55. The van der Waals surface area contributed by atoms with Gasteiger partial charge in [-0.05, 0) is 11.6 Å². The Hall–Kier alpha value is -2.12. The fourth-order valence-electron chi connectivity index (χ4n) is 2.28. The summed E-state index contributed by atoms with van der Waals surface area (Å²) >= 11 is 23.5. The van der Waals surface area contributed by atoms with Gasteiger partial charge in [-0.25, -0.2) is 4.79 Å². The van der Waals surface area contributed by atoms with Crippen molar-refractivity contribution in [2.45, 2.75) is 6.61 Å². The van der Waals surface area contributed by atoms with Gasteiger partial charge in [0.05, 0.1) is 10.0 Å². The Morgan fingerprint density at radius 1 is 1.14 bits per heavy atom. The molecule has 1 N–H and O–H groups in total. The van der Waals surface area contributed by atoms with Crippen LogP contribution in [0.5, 0.6) is 11.5 Å². The smallest absolute Gasteiger partial charge is 0.358 e. The summed E-state index contributed by atoms with van der Waals surface area (Å²) in [6, 6.07) is 9.82. The molecule has 6 nitrogen and oxygen atoms in total. The largest absolute Gasteiger partial charge is 0.489 e. The van der Waals surface area contributed by atoms with Crippen molar-refractivity contribution < 1.29 is 24.2 Å². The van der Waals surface area contributed by atoms with Crippen molar-refractivity contribution in [3.05, 3.63) is 68.1 Å². The summed E-state index contributed by atoms with van der Waals surface area (Å²) < 4.78 is 11.2. The number of carbonyl (C=O) groups is 1. The van der Waals surface area contributed by atoms with Crippen molar-refractivity contribution in [3.8, 4) is 11.5 Å². The topological polar surface area (TPSA) is 77.4 Å². The van der Waals surface area contributed by atoms with Gasteiger partial charge in [0.15, 0.2) is 11.5 Å². The molecule has 0 aliphatic heterocycles. The van der Waals surface area contributed by atoms with E-state index in [2.05, 4.69) is 9.99 Å². The van der Waals surface area contributed by atoms with E-state index >= 15 is 0 Å². The molecule has 0 aliphatic carbocycles. The van der Waals surface area contributed by atoms with Gasteiger partial charge in [-0.2, -0.15) is 0 Å². The van der Waals surface area contributed by atoms with Gasteiger partial charge in [0.1, 0.15) is 30.6 Å². The Kier molecular flexibility index (Phi) is 8.92. The van der Waals surface area contributed by atoms with Crippen molar-refractivity contribution in [2.24, 2.45) is 5.16 Å². The first-order chi connectivity index (χ1) is 13.8. The Morgan fingerprint density at radius 2 is 1.79 bits per heavy atom. The van der Waals surface area contributed by atoms with Gasteiger partial charge in [-0.15, -0.1) is 0 Å². The monoisotopic (exact) mass is 477 g/mol. The predicted octanol–water partition coefficient (Wildman–Crippen LogP) is 5.71. The summed E-state index contributed by atoms with van der Waals surface area (Å²) in [5.41, 5.74) is 0.710. The number of aliphatic carboxylic acids is 1. The summed E-state index contributed by atoms with van der Waals surface area (Å²) in [6.45, 7) is 0.135. The summed E-state index contributed by atoms with van der Waals surface area (Å²) in [6.07, 6.45) is 1.44. The zero-order valence-corrected chi connectivity index (χ0v) is 18.0. The molecule has 0 spiro atoms. The highest BCUT2D eigenvalue weighted by Gasteiger charge is 2.18. The number of benzene rings is 2. The third-order valence-corrected chi connectivity index (χ3v) is 4.36. The molecular formula is C19H15Cl4NO5. The van der Waals surface area contributed by atoms with Crippen molar-refractivity contribution in [2.75, 3.05) is 13.7 Å². The van der Waals surface area contributed by atoms with Crippen LogP contribution >= 0.6 is 46.4 Å². The molecular weight excluding hydrogens is 464 g/mol. The van der Waals surface area contributed by atoms with Crippen LogP contribution < -0.4 is 9.47 Å². The zero-order chi connectivity index (χ0) is 21.4. The van der Waals surface area contributed by atoms with Gasteiger partial charge < -0.3 is 19.4 Å². The Bertz CT molecular complexity index is 919. The molecule has 0 aromatic heterocycles. The summed E-state index contributed by atoms with van der Waals surface area (Å²) in [7, 11) is 1.27. The predicted molar refractivity (Wildman–Crippen MR) is 114 cm³/mol. The van der Waals surface area contributed by atoms with Gasteiger partial charge in [0.25, 0.3) is 0 Å². The van der Waals surface area contributed by atoms with E-state index in [1.54, 1.807) is 24.3 Å². The van der Waals surface area contributed by atoms with Crippen LogP contribution in [0, 0.1) is 0 Å². The molecule has 2 aromatic carbocycles. The lowest BCUT2D eigenvalue weighted by molar-refractivity contribution is -0.129. The van der Waals surface area contributed by atoms with E-state index in [9.17, 15) is 9.90 Å². The van der Waals surface area contributed by atoms with Crippen LogP contribution in [0.2, 0.25) is 10.0 Å². The summed E-state index contributed by atoms with van der Waals surface area (Å²) in [5.74, 6) is -0.598. The third-order valence-electron chi connectivity index (χ3n) is 3.49. The molecule has 0 saturated heterocycles. The minimum atomic E-state index is -1.22. The number of ether oxygens (including phenoxy) is 2. The lowest BCUT2D eigenvalue weighted by Gasteiger charge is -2.13. The molecule has 154 valence electrons. The van der Waals surface area contributed by atoms with E-state index in [-0.39, 0.29) is 39.2 Å². The molecule has 29 heavy (non-hydrogen) atoms. The molecule has 0 unspecified atom stereocenters. The van der Waals surface area contributed by atoms with E-state index in [4.69, 9.17) is 55.9 Å². The Balaban J connectivity index is 2.20. The Labute approximate surface area is 187 Å². The number of hydrogen-bond donors (Lipinski definition) is 1. The standard InChI is InChI=1S/C19H15Cl4NO5/c1-27-24-17(19(25)26)13-5-3-2-4-11(13)10-29-12-8-14(20)18(15(21)9-12)28-7-6-16(22)23/h2-6,8-9H,7,10H2,1H3,(H,25,26)/b24-17+. The minimum absolute atomic E-state index is 0.0453. The molecule has 0 radical (unpaired) electrons. The van der Waals surface area contributed by atoms with E-state index < -0.39 is 5.97 Å². The van der Waals surface area contributed by atoms with Crippen LogP contribution in [0.4, 0.5) is 0 Å². The normalized spacial score (nSPS) is 11.0. The molecule has 10 heteroatoms. The first-order valence-electron chi connectivity index (χ1n) is 8.02. The molecule has 0 fully saturated rings. The SMILES string of the molecule is CO/N=C(/C(=O)O)c1ccccc1COc1cc(Cl)c(OCC=C(Cl)Cl)c(Cl)c1. The quantitative estimate of drug-likeness (QED) is 0.369. The molecule has 2 rings (SSSR count). The van der Waals surface area contributed by atoms with Gasteiger partial charge in [-0.3, -0.25) is 0 Å². The fourth-order valence-corrected chi connectivity index (χ4v) is 2.98. The lowest BCUT2D eigenvalue weighted by atomic mass is 10.0. The van der Waals surface area contributed by atoms with E-state index in [0.29, 0.717) is 16.9 Å². The van der Waals surface area contributed by atoms with Gasteiger partial charge in [0.2, 0.25) is 0 Å². The molecule has 0 saturated carbocycles. The second-order valence-corrected chi connectivity index (χ2v) is 7.22. The number of carboxylic acid groups (broad SMARTS) is 1. The van der Waals surface area contributed by atoms with Crippen molar-refractivity contribution >= 4 is 58.1 Å². The minimum Gasteiger partial charge on any atom is -0.489 e. The van der Waals surface area contributed by atoms with Gasteiger partial charge >= 0.3 is 5.97 Å². The van der Waals surface area contributed by atoms with Crippen LogP contribution in [0.25, 0.3) is 0 Å². The number of halogens is 4. The fraction of sp³-hybridized carbons (Fsp3) is 0.158. The van der Waals surface area contributed by atoms with Crippen LogP contribution in [0.15, 0.2) is 52.1 Å². The number of oxime groups is 1. The van der Waals surface area contributed by atoms with Gasteiger partial charge in [0, 0.05) is 17.7 Å². The maximum absolute atomic E-state index is 11.5. The third kappa shape index (κ3) is 6.72. The van der Waals surface area contributed by atoms with E-state index in [1.807, 2.05) is 0 Å². The van der Waals surface area contributed by atoms with Crippen molar-refractivity contribution in [1.82, 2.24) is 0 Å². The first-order valence-corrected chi connectivity index (χ1v) is 9.53. The molecule has 0 amide bonds. The van der Waals surface area contributed by atoms with Crippen molar-refractivity contribution in [3.63, 3.8) is 0 Å². The highest BCUT2D eigenvalue weighted by Crippen LogP contribution is 2.37. The van der Waals surface area contributed by atoms with E-state index in [1.165, 1.54) is 25.3 Å². The summed E-state index contributed by atoms with van der Waals surface area (Å²) in [4.78, 5) is 16.1. The number of hydrogen-bond acceptors (Lipinski definition) is 5. The van der Waals surface area contributed by atoms with Crippen LogP contribution in [0.3, 0.4) is 0 Å². The van der Waals surface area contributed by atoms with Crippen LogP contribution in [0.1, 0.15) is 11.1 Å². The van der Waals surface area contributed by atoms with Crippen LogP contribution in [-0.4, -0.2) is 30.5 Å². The summed E-state index contributed by atoms with van der Waals surface area (Å²) in [5, 5.41) is 13.4. The average Bonchev–Trinajstić information content (AvgIpc) is 2.66. The molecule has 0 aliphatic rings. The number of carboxylic acids is 1. The zero-order valence-electron chi connectivity index (χ0n) is 15.0. The number of rotatable bonds is 9. The molecule has 0 atom stereocenters. The molecule has 2 aromatic rings. The second-order valence-electron chi connectivity index (χ2n) is 5.39. The maximum Gasteiger partial charge on any atom is 0.358 e. The molecule has 0 bridgehead atoms.